The maximum absolute atomic E-state index is 13.4. The van der Waals surface area contributed by atoms with Gasteiger partial charge in [-0.25, -0.2) is 4.39 Å². The van der Waals surface area contributed by atoms with Crippen LogP contribution in [0.2, 0.25) is 0 Å². The van der Waals surface area contributed by atoms with Crippen LogP contribution < -0.4 is 10.6 Å². The minimum Gasteiger partial charge on any atom is -0.344 e. The molecule has 2 aromatic rings. The largest absolute Gasteiger partial charge is 0.344 e. The van der Waals surface area contributed by atoms with Crippen molar-refractivity contribution in [1.29, 1.82) is 0 Å². The number of anilines is 2. The number of nitrogens with two attached hydrogens (primary N) is 1. The van der Waals surface area contributed by atoms with E-state index in [9.17, 15) is 4.39 Å². The molecule has 106 valence electrons. The topological polar surface area (TPSA) is 29.3 Å². The summed E-state index contributed by atoms with van der Waals surface area (Å²) >= 11 is 0. The van der Waals surface area contributed by atoms with Gasteiger partial charge in [0.2, 0.25) is 0 Å². The van der Waals surface area contributed by atoms with Crippen molar-refractivity contribution >= 4 is 11.4 Å². The van der Waals surface area contributed by atoms with Crippen LogP contribution >= 0.6 is 0 Å². The lowest BCUT2D eigenvalue weighted by molar-refractivity contribution is 0.627. The van der Waals surface area contributed by atoms with Crippen molar-refractivity contribution in [3.8, 4) is 0 Å². The van der Waals surface area contributed by atoms with E-state index in [4.69, 9.17) is 5.73 Å². The zero-order chi connectivity index (χ0) is 14.5. The van der Waals surface area contributed by atoms with Gasteiger partial charge in [0.1, 0.15) is 5.82 Å². The van der Waals surface area contributed by atoms with E-state index in [1.165, 1.54) is 17.7 Å². The van der Waals surface area contributed by atoms with Crippen LogP contribution in [0.5, 0.6) is 0 Å². The van der Waals surface area contributed by atoms with Gasteiger partial charge in [-0.2, -0.15) is 0 Å². The molecule has 20 heavy (non-hydrogen) atoms. The van der Waals surface area contributed by atoms with Gasteiger partial charge in [-0.3, -0.25) is 0 Å². The molecule has 0 aliphatic heterocycles. The second-order valence-corrected chi connectivity index (χ2v) is 5.04. The van der Waals surface area contributed by atoms with E-state index in [1.807, 2.05) is 36.2 Å². The molecule has 0 aromatic heterocycles. The fourth-order valence-corrected chi connectivity index (χ4v) is 2.26. The first kappa shape index (κ1) is 14.5. The summed E-state index contributed by atoms with van der Waals surface area (Å²) in [4.78, 5) is 2.00. The molecule has 2 aromatic carbocycles. The smallest absolute Gasteiger partial charge is 0.125 e. The molecule has 0 saturated carbocycles. The first-order valence-corrected chi connectivity index (χ1v) is 6.94. The third-order valence-corrected chi connectivity index (χ3v) is 3.55. The zero-order valence-corrected chi connectivity index (χ0v) is 12.0. The Morgan fingerprint density at radius 2 is 1.90 bits per heavy atom. The molecule has 0 fully saturated rings. The number of hydrogen-bond donors (Lipinski definition) is 1. The number of halogens is 1. The van der Waals surface area contributed by atoms with Gasteiger partial charge in [-0.15, -0.1) is 0 Å². The molecule has 0 bridgehead atoms. The second kappa shape index (κ2) is 6.53. The van der Waals surface area contributed by atoms with Crippen LogP contribution in [-0.2, 0) is 6.42 Å². The summed E-state index contributed by atoms with van der Waals surface area (Å²) in [6.45, 7) is 2.09. The Balaban J connectivity index is 2.32. The van der Waals surface area contributed by atoms with Crippen molar-refractivity contribution in [2.24, 2.45) is 5.73 Å². The van der Waals surface area contributed by atoms with Gasteiger partial charge in [0.25, 0.3) is 0 Å². The van der Waals surface area contributed by atoms with Gasteiger partial charge in [0.15, 0.2) is 0 Å². The van der Waals surface area contributed by atoms with E-state index in [0.717, 1.165) is 24.2 Å². The van der Waals surface area contributed by atoms with Gasteiger partial charge in [0, 0.05) is 24.5 Å². The summed E-state index contributed by atoms with van der Waals surface area (Å²) in [6.07, 6.45) is 1.77. The lowest BCUT2D eigenvalue weighted by Crippen LogP contribution is -2.23. The molecule has 2 nitrogen and oxygen atoms in total. The zero-order valence-electron chi connectivity index (χ0n) is 12.0. The van der Waals surface area contributed by atoms with Crippen LogP contribution in [0.3, 0.4) is 0 Å². The summed E-state index contributed by atoms with van der Waals surface area (Å²) in [7, 11) is 1.95. The van der Waals surface area contributed by atoms with E-state index in [1.54, 1.807) is 6.07 Å². The number of hydrogen-bond acceptors (Lipinski definition) is 2. The highest BCUT2D eigenvalue weighted by molar-refractivity contribution is 5.65. The molecule has 0 spiro atoms. The van der Waals surface area contributed by atoms with Crippen LogP contribution in [0.1, 0.15) is 18.9 Å². The predicted molar refractivity (Wildman–Crippen MR) is 82.9 cm³/mol. The molecular formula is C17H21FN2. The van der Waals surface area contributed by atoms with Crippen molar-refractivity contribution in [2.45, 2.75) is 25.8 Å². The quantitative estimate of drug-likeness (QED) is 0.895. The van der Waals surface area contributed by atoms with E-state index < -0.39 is 0 Å². The lowest BCUT2D eigenvalue weighted by atomic mass is 10.0. The molecule has 1 unspecified atom stereocenters. The van der Waals surface area contributed by atoms with Crippen LogP contribution in [0.25, 0.3) is 0 Å². The fourth-order valence-electron chi connectivity index (χ4n) is 2.26. The minimum atomic E-state index is -0.225. The Bertz CT molecular complexity index is 568. The molecule has 0 heterocycles. The standard InChI is InChI=1S/C17H21FN2/c1-3-15(19)11-13-7-4-5-10-17(13)20(2)16-9-6-8-14(18)12-16/h4-10,12,15H,3,11,19H2,1-2H3. The number of para-hydroxylation sites is 1. The average Bonchev–Trinajstić information content (AvgIpc) is 2.47. The number of nitrogens with zero attached hydrogens (tertiary/aromatic N) is 1. The van der Waals surface area contributed by atoms with Gasteiger partial charge in [-0.05, 0) is 42.7 Å². The van der Waals surface area contributed by atoms with Crippen molar-refractivity contribution in [2.75, 3.05) is 11.9 Å². The third-order valence-electron chi connectivity index (χ3n) is 3.55. The first-order chi connectivity index (χ1) is 9.61. The third kappa shape index (κ3) is 3.36. The Hall–Kier alpha value is -1.87. The van der Waals surface area contributed by atoms with E-state index in [2.05, 4.69) is 13.0 Å². The molecule has 0 aliphatic carbocycles. The Kier molecular flexibility index (Phi) is 4.74. The normalized spacial score (nSPS) is 12.2. The summed E-state index contributed by atoms with van der Waals surface area (Å²) in [5, 5.41) is 0. The Morgan fingerprint density at radius 1 is 1.15 bits per heavy atom. The molecule has 1 atom stereocenters. The fraction of sp³-hybridized carbons (Fsp3) is 0.294. The molecule has 0 aliphatic rings. The van der Waals surface area contributed by atoms with Crippen molar-refractivity contribution in [1.82, 2.24) is 0 Å². The van der Waals surface area contributed by atoms with Gasteiger partial charge in [0.05, 0.1) is 0 Å². The van der Waals surface area contributed by atoms with Crippen molar-refractivity contribution in [3.05, 3.63) is 59.9 Å². The molecule has 0 amide bonds. The molecule has 0 saturated heterocycles. The molecule has 0 radical (unpaired) electrons. The van der Waals surface area contributed by atoms with E-state index >= 15 is 0 Å². The van der Waals surface area contributed by atoms with Crippen LogP contribution in [-0.4, -0.2) is 13.1 Å². The monoisotopic (exact) mass is 272 g/mol. The summed E-state index contributed by atoms with van der Waals surface area (Å²) < 4.78 is 13.4. The number of rotatable bonds is 5. The Labute approximate surface area is 120 Å². The maximum Gasteiger partial charge on any atom is 0.125 e. The molecule has 2 N–H and O–H groups in total. The summed E-state index contributed by atoms with van der Waals surface area (Å²) in [5.41, 5.74) is 9.15. The van der Waals surface area contributed by atoms with E-state index in [-0.39, 0.29) is 11.9 Å². The lowest BCUT2D eigenvalue weighted by Gasteiger charge is -2.23. The van der Waals surface area contributed by atoms with Crippen LogP contribution in [0.4, 0.5) is 15.8 Å². The number of benzene rings is 2. The predicted octanol–water partition coefficient (Wildman–Crippen LogP) is 3.87. The van der Waals surface area contributed by atoms with Crippen LogP contribution in [0, 0.1) is 5.82 Å². The highest BCUT2D eigenvalue weighted by Gasteiger charge is 2.11. The molecule has 3 heteroatoms. The van der Waals surface area contributed by atoms with E-state index in [0.29, 0.717) is 0 Å². The highest BCUT2D eigenvalue weighted by Crippen LogP contribution is 2.28. The maximum atomic E-state index is 13.4. The minimum absolute atomic E-state index is 0.150. The van der Waals surface area contributed by atoms with Crippen molar-refractivity contribution in [3.63, 3.8) is 0 Å². The SMILES string of the molecule is CCC(N)Cc1ccccc1N(C)c1cccc(F)c1. The van der Waals surface area contributed by atoms with Crippen molar-refractivity contribution < 1.29 is 4.39 Å². The average molecular weight is 272 g/mol. The summed E-state index contributed by atoms with van der Waals surface area (Å²) in [5.74, 6) is -0.225. The van der Waals surface area contributed by atoms with Gasteiger partial charge < -0.3 is 10.6 Å². The first-order valence-electron chi connectivity index (χ1n) is 6.94. The van der Waals surface area contributed by atoms with Crippen LogP contribution in [0.15, 0.2) is 48.5 Å². The highest BCUT2D eigenvalue weighted by atomic mass is 19.1. The van der Waals surface area contributed by atoms with Gasteiger partial charge in [-0.1, -0.05) is 31.2 Å². The summed E-state index contributed by atoms with van der Waals surface area (Å²) in [6, 6.07) is 14.9. The molecule has 2 rings (SSSR count). The van der Waals surface area contributed by atoms with Gasteiger partial charge >= 0.3 is 0 Å². The Morgan fingerprint density at radius 3 is 2.60 bits per heavy atom. The second-order valence-electron chi connectivity index (χ2n) is 5.04. The molecular weight excluding hydrogens is 251 g/mol.